The molecule has 0 heterocycles. The average Bonchev–Trinajstić information content (AvgIpc) is 3.06. The van der Waals surface area contributed by atoms with Crippen LogP contribution in [0.15, 0.2) is 23.3 Å². The predicted molar refractivity (Wildman–Crippen MR) is 128 cm³/mol. The molecule has 1 nitrogen and oxygen atoms in total. The van der Waals surface area contributed by atoms with Gasteiger partial charge in [-0.05, 0) is 111 Å². The fourth-order valence-corrected chi connectivity index (χ4v) is 8.78. The normalized spacial score (nSPS) is 44.9. The molecule has 4 aliphatic carbocycles. The molecule has 0 aromatic heterocycles. The van der Waals surface area contributed by atoms with Gasteiger partial charge in [0.25, 0.3) is 0 Å². The molecule has 1 N–H and O–H groups in total. The van der Waals surface area contributed by atoms with E-state index in [1.165, 1.54) is 51.4 Å². The number of fused-ring (bicyclic) bond motifs is 5. The highest BCUT2D eigenvalue weighted by Gasteiger charge is 2.58. The topological polar surface area (TPSA) is 20.2 Å². The van der Waals surface area contributed by atoms with E-state index >= 15 is 0 Å². The zero-order valence-electron chi connectivity index (χ0n) is 20.7. The van der Waals surface area contributed by atoms with Crippen molar-refractivity contribution in [3.05, 3.63) is 23.3 Å². The molecule has 170 valence electrons. The molecule has 0 bridgehead atoms. The smallest absolute Gasteiger partial charge is 0.0577 e. The molecule has 8 atom stereocenters. The summed E-state index contributed by atoms with van der Waals surface area (Å²) in [7, 11) is 0. The molecule has 4 aliphatic rings. The second-order valence-electron chi connectivity index (χ2n) is 12.4. The van der Waals surface area contributed by atoms with Gasteiger partial charge in [0.15, 0.2) is 0 Å². The van der Waals surface area contributed by atoms with Crippen molar-refractivity contribution in [2.24, 2.45) is 46.3 Å². The molecule has 1 heteroatoms. The fourth-order valence-electron chi connectivity index (χ4n) is 8.78. The summed E-state index contributed by atoms with van der Waals surface area (Å²) in [5.41, 5.74) is 4.20. The number of rotatable bonds is 5. The van der Waals surface area contributed by atoms with Crippen LogP contribution in [-0.2, 0) is 0 Å². The molecule has 4 rings (SSSR count). The van der Waals surface area contributed by atoms with Crippen LogP contribution in [0, 0.1) is 46.3 Å². The van der Waals surface area contributed by atoms with Crippen molar-refractivity contribution in [3.63, 3.8) is 0 Å². The summed E-state index contributed by atoms with van der Waals surface area (Å²) in [6, 6.07) is 0. The molecular weight excluding hydrogens is 364 g/mol. The first-order valence-corrected chi connectivity index (χ1v) is 13.2. The molecule has 0 radical (unpaired) electrons. The Kier molecular flexibility index (Phi) is 6.35. The van der Waals surface area contributed by atoms with Crippen molar-refractivity contribution in [2.75, 3.05) is 0 Å². The van der Waals surface area contributed by atoms with E-state index in [0.29, 0.717) is 10.8 Å². The molecule has 0 unspecified atom stereocenters. The Morgan fingerprint density at radius 1 is 1.13 bits per heavy atom. The minimum atomic E-state index is -0.0869. The number of aliphatic hydroxyl groups excluding tert-OH is 1. The number of hydrogen-bond donors (Lipinski definition) is 1. The minimum Gasteiger partial charge on any atom is -0.393 e. The van der Waals surface area contributed by atoms with Crippen LogP contribution in [0.2, 0.25) is 0 Å². The monoisotopic (exact) mass is 412 g/mol. The Hall–Kier alpha value is -0.560. The summed E-state index contributed by atoms with van der Waals surface area (Å²) >= 11 is 0. The van der Waals surface area contributed by atoms with E-state index in [9.17, 15) is 5.11 Å². The van der Waals surface area contributed by atoms with E-state index < -0.39 is 0 Å². The maximum absolute atomic E-state index is 10.2. The van der Waals surface area contributed by atoms with Gasteiger partial charge >= 0.3 is 0 Å². The van der Waals surface area contributed by atoms with Gasteiger partial charge in [-0.1, -0.05) is 64.3 Å². The first-order valence-electron chi connectivity index (χ1n) is 13.2. The van der Waals surface area contributed by atoms with Crippen molar-refractivity contribution >= 4 is 0 Å². The lowest BCUT2D eigenvalue weighted by molar-refractivity contribution is -0.0454. The quantitative estimate of drug-likeness (QED) is 0.454. The largest absolute Gasteiger partial charge is 0.393 e. The third-order valence-corrected chi connectivity index (χ3v) is 10.8. The van der Waals surface area contributed by atoms with E-state index in [4.69, 9.17) is 0 Å². The van der Waals surface area contributed by atoms with Crippen LogP contribution in [-0.4, -0.2) is 11.2 Å². The standard InChI is InChI=1S/C29H48O/c1-7-21(19(2)3)9-8-20(4)25-12-13-26-24-11-10-22-18-23(30)14-16-28(22,5)27(24)15-17-29(25,26)6/h8,10,19,21,23-27,30H,7,9,11-18H2,1-6H3/t21-,23-,24-,25+,26+,27+,28+,29-/m1/s1. The van der Waals surface area contributed by atoms with Gasteiger partial charge in [0.05, 0.1) is 6.10 Å². The van der Waals surface area contributed by atoms with Crippen LogP contribution in [0.3, 0.4) is 0 Å². The molecule has 0 aliphatic heterocycles. The summed E-state index contributed by atoms with van der Waals surface area (Å²) in [5, 5.41) is 10.2. The van der Waals surface area contributed by atoms with Crippen molar-refractivity contribution in [3.8, 4) is 0 Å². The lowest BCUT2D eigenvalue weighted by Crippen LogP contribution is -2.50. The van der Waals surface area contributed by atoms with Gasteiger partial charge in [-0.25, -0.2) is 0 Å². The third kappa shape index (κ3) is 3.66. The van der Waals surface area contributed by atoms with Crippen LogP contribution < -0.4 is 0 Å². The van der Waals surface area contributed by atoms with Gasteiger partial charge in [-0.15, -0.1) is 0 Å². The maximum atomic E-state index is 10.2. The van der Waals surface area contributed by atoms with Crippen molar-refractivity contribution in [1.29, 1.82) is 0 Å². The van der Waals surface area contributed by atoms with Gasteiger partial charge in [0, 0.05) is 0 Å². The Morgan fingerprint density at radius 3 is 2.60 bits per heavy atom. The Balaban J connectivity index is 1.53. The lowest BCUT2D eigenvalue weighted by atomic mass is 9.47. The molecular formula is C29H48O. The lowest BCUT2D eigenvalue weighted by Gasteiger charge is -2.58. The summed E-state index contributed by atoms with van der Waals surface area (Å²) in [5.74, 6) is 5.07. The molecule has 30 heavy (non-hydrogen) atoms. The Morgan fingerprint density at radius 2 is 1.90 bits per heavy atom. The number of aliphatic hydroxyl groups is 1. The summed E-state index contributed by atoms with van der Waals surface area (Å²) < 4.78 is 0. The molecule has 0 aromatic carbocycles. The SMILES string of the molecule is CC[C@H](CC=C(C)[C@@H]1CC[C@H]2[C@H]3CC=C4C[C@H](O)CC[C@]4(C)[C@H]3CC[C@]12C)C(C)C. The molecule has 0 spiro atoms. The van der Waals surface area contributed by atoms with E-state index in [1.807, 2.05) is 0 Å². The molecule has 0 saturated heterocycles. The third-order valence-electron chi connectivity index (χ3n) is 10.8. The van der Waals surface area contributed by atoms with E-state index in [1.54, 1.807) is 11.1 Å². The second kappa shape index (κ2) is 8.42. The fraction of sp³-hybridized carbons (Fsp3) is 0.862. The summed E-state index contributed by atoms with van der Waals surface area (Å²) in [4.78, 5) is 0. The van der Waals surface area contributed by atoms with E-state index in [-0.39, 0.29) is 6.10 Å². The zero-order valence-corrected chi connectivity index (χ0v) is 20.7. The summed E-state index contributed by atoms with van der Waals surface area (Å²) in [6.45, 7) is 14.8. The van der Waals surface area contributed by atoms with E-state index in [2.05, 4.69) is 53.7 Å². The first-order chi connectivity index (χ1) is 14.2. The molecule has 0 amide bonds. The van der Waals surface area contributed by atoms with Gasteiger partial charge in [0.1, 0.15) is 0 Å². The Bertz CT molecular complexity index is 686. The van der Waals surface area contributed by atoms with Crippen molar-refractivity contribution in [2.45, 2.75) is 112 Å². The highest BCUT2D eigenvalue weighted by Crippen LogP contribution is 2.67. The summed E-state index contributed by atoms with van der Waals surface area (Å²) in [6.07, 6.45) is 17.8. The molecule has 3 fully saturated rings. The average molecular weight is 413 g/mol. The van der Waals surface area contributed by atoms with Crippen LogP contribution >= 0.6 is 0 Å². The van der Waals surface area contributed by atoms with Gasteiger partial charge in [0.2, 0.25) is 0 Å². The molecule has 3 saturated carbocycles. The van der Waals surface area contributed by atoms with E-state index in [0.717, 1.165) is 48.3 Å². The van der Waals surface area contributed by atoms with Gasteiger partial charge in [-0.2, -0.15) is 0 Å². The number of allylic oxidation sites excluding steroid dienone is 3. The minimum absolute atomic E-state index is 0.0869. The number of hydrogen-bond acceptors (Lipinski definition) is 1. The Labute approximate surface area is 186 Å². The van der Waals surface area contributed by atoms with Crippen LogP contribution in [0.1, 0.15) is 106 Å². The highest BCUT2D eigenvalue weighted by atomic mass is 16.3. The van der Waals surface area contributed by atoms with Gasteiger partial charge < -0.3 is 5.11 Å². The highest BCUT2D eigenvalue weighted by molar-refractivity contribution is 5.26. The predicted octanol–water partition coefficient (Wildman–Crippen LogP) is 7.94. The van der Waals surface area contributed by atoms with Crippen molar-refractivity contribution < 1.29 is 5.11 Å². The van der Waals surface area contributed by atoms with Crippen LogP contribution in [0.4, 0.5) is 0 Å². The first kappa shape index (κ1) is 22.6. The van der Waals surface area contributed by atoms with Crippen LogP contribution in [0.25, 0.3) is 0 Å². The van der Waals surface area contributed by atoms with Gasteiger partial charge in [-0.3, -0.25) is 0 Å². The second-order valence-corrected chi connectivity index (χ2v) is 12.4. The maximum Gasteiger partial charge on any atom is 0.0577 e. The molecule has 0 aromatic rings. The zero-order chi connectivity index (χ0) is 21.7. The van der Waals surface area contributed by atoms with Crippen molar-refractivity contribution in [1.82, 2.24) is 0 Å². The van der Waals surface area contributed by atoms with Crippen LogP contribution in [0.5, 0.6) is 0 Å².